The van der Waals surface area contributed by atoms with Crippen molar-refractivity contribution < 1.29 is 0 Å². The zero-order chi connectivity index (χ0) is 13.3. The second kappa shape index (κ2) is 4.69. The Kier molecular flexibility index (Phi) is 3.40. The van der Waals surface area contributed by atoms with Crippen LogP contribution >= 0.6 is 15.9 Å². The van der Waals surface area contributed by atoms with Gasteiger partial charge in [0, 0.05) is 23.5 Å². The molecule has 2 rings (SSSR count). The fraction of sp³-hybridized carbons (Fsp3) is 0.462. The lowest BCUT2D eigenvalue weighted by Crippen LogP contribution is -2.15. The Labute approximate surface area is 115 Å². The molecular weight excluding hydrogens is 292 g/mol. The summed E-state index contributed by atoms with van der Waals surface area (Å²) in [4.78, 5) is 8.53. The van der Waals surface area contributed by atoms with E-state index in [1.165, 1.54) is 0 Å². The predicted octanol–water partition coefficient (Wildman–Crippen LogP) is 3.24. The molecule has 0 unspecified atom stereocenters. The first-order valence-electron chi connectivity index (χ1n) is 5.76. The Morgan fingerprint density at radius 1 is 1.39 bits per heavy atom. The average Bonchev–Trinajstić information content (AvgIpc) is 2.69. The summed E-state index contributed by atoms with van der Waals surface area (Å²) in [5.74, 6) is 0.228. The van der Waals surface area contributed by atoms with Crippen LogP contribution in [0.15, 0.2) is 12.3 Å². The van der Waals surface area contributed by atoms with Crippen molar-refractivity contribution in [3.05, 3.63) is 23.8 Å². The van der Waals surface area contributed by atoms with E-state index >= 15 is 0 Å². The first kappa shape index (κ1) is 13.0. The molecule has 4 nitrogen and oxygen atoms in total. The summed E-state index contributed by atoms with van der Waals surface area (Å²) in [6.45, 7) is 7.39. The smallest absolute Gasteiger partial charge is 0.234 e. The van der Waals surface area contributed by atoms with Gasteiger partial charge in [0.2, 0.25) is 5.82 Å². The van der Waals surface area contributed by atoms with Crippen molar-refractivity contribution in [2.45, 2.75) is 32.6 Å². The Morgan fingerprint density at radius 3 is 2.67 bits per heavy atom. The van der Waals surface area contributed by atoms with Gasteiger partial charge in [0.15, 0.2) is 0 Å². The van der Waals surface area contributed by atoms with E-state index in [1.807, 2.05) is 18.3 Å². The summed E-state index contributed by atoms with van der Waals surface area (Å²) in [6.07, 6.45) is 2.01. The first-order valence-corrected chi connectivity index (χ1v) is 6.88. The standard InChI is InChI=1S/C13H15BrN4/c1-13(2,3)8-18-5-4-9-10(6-14)16-11(7-15)17-12(9)18/h4-5H,6,8H2,1-3H3. The molecule has 94 valence electrons. The van der Waals surface area contributed by atoms with Gasteiger partial charge < -0.3 is 4.57 Å². The lowest BCUT2D eigenvalue weighted by Gasteiger charge is -2.19. The zero-order valence-corrected chi connectivity index (χ0v) is 12.3. The minimum absolute atomic E-state index is 0.165. The summed E-state index contributed by atoms with van der Waals surface area (Å²) < 4.78 is 2.09. The fourth-order valence-electron chi connectivity index (χ4n) is 1.92. The van der Waals surface area contributed by atoms with E-state index < -0.39 is 0 Å². The third-order valence-electron chi connectivity index (χ3n) is 2.57. The number of rotatable bonds is 2. The second-order valence-electron chi connectivity index (χ2n) is 5.48. The minimum Gasteiger partial charge on any atom is -0.332 e. The van der Waals surface area contributed by atoms with E-state index in [0.717, 1.165) is 23.3 Å². The quantitative estimate of drug-likeness (QED) is 0.800. The van der Waals surface area contributed by atoms with Crippen molar-refractivity contribution in [3.8, 4) is 6.07 Å². The van der Waals surface area contributed by atoms with E-state index in [-0.39, 0.29) is 11.2 Å². The highest BCUT2D eigenvalue weighted by atomic mass is 79.9. The van der Waals surface area contributed by atoms with Crippen molar-refractivity contribution in [1.29, 1.82) is 5.26 Å². The highest BCUT2D eigenvalue weighted by molar-refractivity contribution is 9.08. The number of alkyl halides is 1. The molecule has 0 fully saturated rings. The zero-order valence-electron chi connectivity index (χ0n) is 10.7. The predicted molar refractivity (Wildman–Crippen MR) is 74.3 cm³/mol. The maximum absolute atomic E-state index is 8.98. The van der Waals surface area contributed by atoms with Crippen LogP contribution in [0, 0.1) is 16.7 Å². The summed E-state index contributed by atoms with van der Waals surface area (Å²) >= 11 is 3.40. The van der Waals surface area contributed by atoms with E-state index in [9.17, 15) is 0 Å². The van der Waals surface area contributed by atoms with Crippen LogP contribution in [-0.2, 0) is 11.9 Å². The molecule has 0 amide bonds. The molecular formula is C13H15BrN4. The molecule has 0 aromatic carbocycles. The number of nitrogens with zero attached hydrogens (tertiary/aromatic N) is 4. The van der Waals surface area contributed by atoms with E-state index in [1.54, 1.807) is 0 Å². The van der Waals surface area contributed by atoms with Crippen LogP contribution in [0.25, 0.3) is 11.0 Å². The summed E-state index contributed by atoms with van der Waals surface area (Å²) in [7, 11) is 0. The van der Waals surface area contributed by atoms with Gasteiger partial charge in [-0.3, -0.25) is 0 Å². The molecule has 0 atom stereocenters. The van der Waals surface area contributed by atoms with Gasteiger partial charge >= 0.3 is 0 Å². The van der Waals surface area contributed by atoms with Crippen LogP contribution in [0.4, 0.5) is 0 Å². The Hall–Kier alpha value is -1.41. The maximum atomic E-state index is 8.98. The van der Waals surface area contributed by atoms with Crippen molar-refractivity contribution in [3.63, 3.8) is 0 Å². The molecule has 18 heavy (non-hydrogen) atoms. The molecule has 5 heteroatoms. The van der Waals surface area contributed by atoms with Gasteiger partial charge in [-0.2, -0.15) is 5.26 Å². The SMILES string of the molecule is CC(C)(C)Cn1ccc2c(CBr)nc(C#N)nc21. The van der Waals surface area contributed by atoms with Crippen molar-refractivity contribution >= 4 is 27.0 Å². The Bertz CT molecular complexity index is 616. The molecule has 0 aliphatic rings. The van der Waals surface area contributed by atoms with Gasteiger partial charge in [-0.25, -0.2) is 9.97 Å². The number of hydrogen-bond donors (Lipinski definition) is 0. The molecule has 0 saturated heterocycles. The molecule has 0 aliphatic heterocycles. The van der Waals surface area contributed by atoms with Gasteiger partial charge in [0.05, 0.1) is 5.69 Å². The monoisotopic (exact) mass is 306 g/mol. The molecule has 0 aliphatic carbocycles. The first-order chi connectivity index (χ1) is 8.44. The molecule has 0 spiro atoms. The number of nitriles is 1. The van der Waals surface area contributed by atoms with Crippen molar-refractivity contribution in [2.75, 3.05) is 0 Å². The number of aromatic nitrogens is 3. The molecule has 2 aromatic heterocycles. The number of fused-ring (bicyclic) bond motifs is 1. The lowest BCUT2D eigenvalue weighted by atomic mass is 9.97. The Morgan fingerprint density at radius 2 is 2.11 bits per heavy atom. The van der Waals surface area contributed by atoms with E-state index in [2.05, 4.69) is 51.2 Å². The maximum Gasteiger partial charge on any atom is 0.234 e. The number of hydrogen-bond acceptors (Lipinski definition) is 3. The van der Waals surface area contributed by atoms with Gasteiger partial charge in [-0.15, -0.1) is 0 Å². The van der Waals surface area contributed by atoms with Gasteiger partial charge in [0.25, 0.3) is 0 Å². The Balaban J connectivity index is 2.61. The largest absolute Gasteiger partial charge is 0.332 e. The summed E-state index contributed by atoms with van der Waals surface area (Å²) in [6, 6.07) is 4.03. The molecule has 2 aromatic rings. The molecule has 0 saturated carbocycles. The van der Waals surface area contributed by atoms with Crippen LogP contribution in [-0.4, -0.2) is 14.5 Å². The van der Waals surface area contributed by atoms with Crippen LogP contribution < -0.4 is 0 Å². The number of halogens is 1. The van der Waals surface area contributed by atoms with Crippen molar-refractivity contribution in [1.82, 2.24) is 14.5 Å². The molecule has 0 N–H and O–H groups in total. The third-order valence-corrected chi connectivity index (χ3v) is 3.10. The van der Waals surface area contributed by atoms with Gasteiger partial charge in [-0.05, 0) is 11.5 Å². The topological polar surface area (TPSA) is 54.5 Å². The molecule has 0 bridgehead atoms. The van der Waals surface area contributed by atoms with Gasteiger partial charge in [0.1, 0.15) is 11.7 Å². The average molecular weight is 307 g/mol. The van der Waals surface area contributed by atoms with Crippen molar-refractivity contribution in [2.24, 2.45) is 5.41 Å². The third kappa shape index (κ3) is 2.54. The molecule has 0 radical (unpaired) electrons. The summed E-state index contributed by atoms with van der Waals surface area (Å²) in [5.41, 5.74) is 1.87. The summed E-state index contributed by atoms with van der Waals surface area (Å²) in [5, 5.41) is 10.6. The highest BCUT2D eigenvalue weighted by Crippen LogP contribution is 2.23. The minimum atomic E-state index is 0.165. The van der Waals surface area contributed by atoms with Crippen LogP contribution in [0.3, 0.4) is 0 Å². The van der Waals surface area contributed by atoms with E-state index in [0.29, 0.717) is 5.33 Å². The highest BCUT2D eigenvalue weighted by Gasteiger charge is 2.16. The van der Waals surface area contributed by atoms with Crippen LogP contribution in [0.1, 0.15) is 32.3 Å². The molecule has 2 heterocycles. The van der Waals surface area contributed by atoms with Gasteiger partial charge in [-0.1, -0.05) is 36.7 Å². The second-order valence-corrected chi connectivity index (χ2v) is 6.04. The lowest BCUT2D eigenvalue weighted by molar-refractivity contribution is 0.348. The van der Waals surface area contributed by atoms with Crippen LogP contribution in [0.2, 0.25) is 0 Å². The fourth-order valence-corrected chi connectivity index (χ4v) is 2.35. The normalized spacial score (nSPS) is 11.7. The van der Waals surface area contributed by atoms with E-state index in [4.69, 9.17) is 5.26 Å². The van der Waals surface area contributed by atoms with Crippen LogP contribution in [0.5, 0.6) is 0 Å².